The third-order valence-corrected chi connectivity index (χ3v) is 6.37. The molecule has 162 valence electrons. The number of amides is 1. The number of methoxy groups -OCH3 is 1. The molecule has 32 heavy (non-hydrogen) atoms. The molecule has 1 N–H and O–H groups in total. The first-order chi connectivity index (χ1) is 15.5. The summed E-state index contributed by atoms with van der Waals surface area (Å²) >= 11 is 1.19. The van der Waals surface area contributed by atoms with Crippen LogP contribution in [0.15, 0.2) is 65.7 Å². The molecule has 0 aliphatic heterocycles. The molecule has 8 heteroatoms. The number of aromatic nitrogens is 2. The van der Waals surface area contributed by atoms with E-state index in [1.807, 2.05) is 30.3 Å². The summed E-state index contributed by atoms with van der Waals surface area (Å²) in [6.07, 6.45) is 2.25. The molecule has 0 unspecified atom stereocenters. The molecule has 2 aromatic heterocycles. The van der Waals surface area contributed by atoms with Gasteiger partial charge in [-0.25, -0.2) is 9.78 Å². The summed E-state index contributed by atoms with van der Waals surface area (Å²) < 4.78 is 6.26. The summed E-state index contributed by atoms with van der Waals surface area (Å²) in [6, 6.07) is 16.3. The number of carbonyl (C=O) groups excluding carboxylic acids is 2. The summed E-state index contributed by atoms with van der Waals surface area (Å²) in [5.41, 5.74) is 2.53. The van der Waals surface area contributed by atoms with Gasteiger partial charge in [-0.15, -0.1) is 11.3 Å². The van der Waals surface area contributed by atoms with Gasteiger partial charge in [-0.1, -0.05) is 30.3 Å². The number of hydrogen-bond acceptors (Lipinski definition) is 6. The highest BCUT2D eigenvalue weighted by Crippen LogP contribution is 2.27. The van der Waals surface area contributed by atoms with E-state index in [0.717, 1.165) is 5.56 Å². The molecule has 4 aromatic rings. The van der Waals surface area contributed by atoms with Crippen molar-refractivity contribution in [3.8, 4) is 0 Å². The smallest absolute Gasteiger partial charge is 0.337 e. The molecule has 0 aliphatic rings. The van der Waals surface area contributed by atoms with Crippen LogP contribution in [-0.4, -0.2) is 28.5 Å². The normalized spacial score (nSPS) is 10.8. The molecule has 2 aromatic carbocycles. The van der Waals surface area contributed by atoms with Gasteiger partial charge in [0.2, 0.25) is 0 Å². The van der Waals surface area contributed by atoms with Gasteiger partial charge in [0.1, 0.15) is 4.83 Å². The predicted molar refractivity (Wildman–Crippen MR) is 124 cm³/mol. The van der Waals surface area contributed by atoms with Crippen molar-refractivity contribution in [3.05, 3.63) is 92.8 Å². The number of nitrogens with one attached hydrogen (secondary N) is 1. The molecule has 0 saturated heterocycles. The second-order valence-corrected chi connectivity index (χ2v) is 8.24. The lowest BCUT2D eigenvalue weighted by molar-refractivity contribution is 0.0600. The fourth-order valence-electron chi connectivity index (χ4n) is 3.42. The van der Waals surface area contributed by atoms with Crippen LogP contribution in [0.4, 0.5) is 5.69 Å². The molecule has 7 nitrogen and oxygen atoms in total. The second kappa shape index (κ2) is 9.15. The van der Waals surface area contributed by atoms with Crippen molar-refractivity contribution < 1.29 is 14.3 Å². The molecule has 0 bridgehead atoms. The van der Waals surface area contributed by atoms with E-state index >= 15 is 0 Å². The average molecular weight is 448 g/mol. The number of rotatable bonds is 6. The van der Waals surface area contributed by atoms with Crippen molar-refractivity contribution >= 4 is 39.1 Å². The van der Waals surface area contributed by atoms with Crippen molar-refractivity contribution in [2.75, 3.05) is 12.4 Å². The number of aryl methyl sites for hydroxylation is 3. The molecule has 0 spiro atoms. The molecule has 0 radical (unpaired) electrons. The molecule has 0 aliphatic carbocycles. The molecule has 1 amide bonds. The molecule has 4 rings (SSSR count). The number of hydrogen-bond donors (Lipinski definition) is 1. The zero-order chi connectivity index (χ0) is 22.7. The Balaban J connectivity index is 1.56. The topological polar surface area (TPSA) is 90.3 Å². The van der Waals surface area contributed by atoms with Crippen LogP contribution >= 0.6 is 11.3 Å². The minimum atomic E-state index is -0.446. The number of esters is 1. The van der Waals surface area contributed by atoms with Crippen LogP contribution in [0.5, 0.6) is 0 Å². The lowest BCUT2D eigenvalue weighted by Crippen LogP contribution is -2.21. The van der Waals surface area contributed by atoms with Crippen LogP contribution in [0, 0.1) is 6.92 Å². The molecular weight excluding hydrogens is 426 g/mol. The summed E-state index contributed by atoms with van der Waals surface area (Å²) in [5, 5.41) is 3.28. The van der Waals surface area contributed by atoms with E-state index in [2.05, 4.69) is 15.0 Å². The van der Waals surface area contributed by atoms with E-state index in [1.54, 1.807) is 35.8 Å². The number of anilines is 1. The van der Waals surface area contributed by atoms with Gasteiger partial charge in [0, 0.05) is 12.2 Å². The zero-order valence-electron chi connectivity index (χ0n) is 17.6. The van der Waals surface area contributed by atoms with Gasteiger partial charge in [-0.2, -0.15) is 0 Å². The second-order valence-electron chi connectivity index (χ2n) is 7.24. The number of thiophene rings is 1. The third kappa shape index (κ3) is 4.31. The lowest BCUT2D eigenvalue weighted by atomic mass is 10.1. The van der Waals surface area contributed by atoms with Gasteiger partial charge in [0.25, 0.3) is 11.5 Å². The van der Waals surface area contributed by atoms with E-state index in [4.69, 9.17) is 0 Å². The van der Waals surface area contributed by atoms with Gasteiger partial charge in [-0.05, 0) is 48.7 Å². The summed E-state index contributed by atoms with van der Waals surface area (Å²) in [6.45, 7) is 2.27. The van der Waals surface area contributed by atoms with Crippen molar-refractivity contribution in [1.29, 1.82) is 0 Å². The van der Waals surface area contributed by atoms with Crippen LogP contribution in [0.2, 0.25) is 0 Å². The van der Waals surface area contributed by atoms with Crippen molar-refractivity contribution in [2.45, 2.75) is 19.9 Å². The molecule has 0 saturated carbocycles. The first kappa shape index (κ1) is 21.5. The summed E-state index contributed by atoms with van der Waals surface area (Å²) in [5.74, 6) is -0.774. The highest BCUT2D eigenvalue weighted by Gasteiger charge is 2.20. The number of benzene rings is 2. The first-order valence-corrected chi connectivity index (χ1v) is 10.8. The Hall–Kier alpha value is -3.78. The average Bonchev–Trinajstić information content (AvgIpc) is 3.16. The summed E-state index contributed by atoms with van der Waals surface area (Å²) in [7, 11) is 1.31. The zero-order valence-corrected chi connectivity index (χ0v) is 18.4. The molecule has 2 heterocycles. The number of fused-ring (bicyclic) bond motifs is 1. The Bertz CT molecular complexity index is 1340. The van der Waals surface area contributed by atoms with Gasteiger partial charge in [0.05, 0.1) is 29.3 Å². The number of carbonyl (C=O) groups is 2. The van der Waals surface area contributed by atoms with E-state index in [1.165, 1.54) is 24.8 Å². The highest BCUT2D eigenvalue weighted by atomic mass is 32.1. The number of ether oxygens (including phenoxy) is 1. The Morgan fingerprint density at radius 3 is 2.50 bits per heavy atom. The SMILES string of the molecule is COC(=O)c1ccc(NC(=O)c2sc3ncn(CCc4ccccc4)c(=O)c3c2C)cc1. The maximum absolute atomic E-state index is 13.0. The van der Waals surface area contributed by atoms with E-state index in [0.29, 0.717) is 44.9 Å². The highest BCUT2D eigenvalue weighted by molar-refractivity contribution is 7.20. The molecule has 0 atom stereocenters. The van der Waals surface area contributed by atoms with Crippen molar-refractivity contribution in [3.63, 3.8) is 0 Å². The molecule has 0 fully saturated rings. The van der Waals surface area contributed by atoms with Crippen LogP contribution in [0.1, 0.15) is 31.2 Å². The maximum atomic E-state index is 13.0. The Morgan fingerprint density at radius 2 is 1.81 bits per heavy atom. The Kier molecular flexibility index (Phi) is 6.13. The van der Waals surface area contributed by atoms with Crippen molar-refractivity contribution in [2.24, 2.45) is 0 Å². The fraction of sp³-hybridized carbons (Fsp3) is 0.167. The van der Waals surface area contributed by atoms with Crippen LogP contribution < -0.4 is 10.9 Å². The minimum Gasteiger partial charge on any atom is -0.465 e. The summed E-state index contributed by atoms with van der Waals surface area (Å²) in [4.78, 5) is 42.8. The van der Waals surface area contributed by atoms with E-state index < -0.39 is 5.97 Å². The van der Waals surface area contributed by atoms with Gasteiger partial charge in [0.15, 0.2) is 0 Å². The lowest BCUT2D eigenvalue weighted by Gasteiger charge is -2.06. The first-order valence-electron chi connectivity index (χ1n) is 10.00. The molecular formula is C24H21N3O4S. The largest absolute Gasteiger partial charge is 0.465 e. The van der Waals surface area contributed by atoms with Gasteiger partial charge in [-0.3, -0.25) is 14.2 Å². The van der Waals surface area contributed by atoms with E-state index in [9.17, 15) is 14.4 Å². The quantitative estimate of drug-likeness (QED) is 0.451. The van der Waals surface area contributed by atoms with Crippen LogP contribution in [0.25, 0.3) is 10.2 Å². The van der Waals surface area contributed by atoms with Gasteiger partial charge < -0.3 is 10.1 Å². The van der Waals surface area contributed by atoms with E-state index in [-0.39, 0.29) is 11.5 Å². The third-order valence-electron chi connectivity index (χ3n) is 5.17. The Morgan fingerprint density at radius 1 is 1.09 bits per heavy atom. The standard InChI is InChI=1S/C24H21N3O4S/c1-15-19-22(25-14-27(23(19)29)13-12-16-6-4-3-5-7-16)32-20(15)21(28)26-18-10-8-17(9-11-18)24(30)31-2/h3-11,14H,12-13H2,1-2H3,(H,26,28). The monoisotopic (exact) mass is 447 g/mol. The van der Waals surface area contributed by atoms with Gasteiger partial charge >= 0.3 is 5.97 Å². The van der Waals surface area contributed by atoms with Crippen molar-refractivity contribution in [1.82, 2.24) is 9.55 Å². The fourth-order valence-corrected chi connectivity index (χ4v) is 4.46. The van der Waals surface area contributed by atoms with Crippen LogP contribution in [-0.2, 0) is 17.7 Å². The minimum absolute atomic E-state index is 0.152. The van der Waals surface area contributed by atoms with Crippen LogP contribution in [0.3, 0.4) is 0 Å². The predicted octanol–water partition coefficient (Wildman–Crippen LogP) is 4.05. The maximum Gasteiger partial charge on any atom is 0.337 e. The number of nitrogens with zero attached hydrogens (tertiary/aromatic N) is 2. The Labute approximate surface area is 188 Å².